The molecule has 3 aliphatic rings. The summed E-state index contributed by atoms with van der Waals surface area (Å²) in [5, 5.41) is 6.38. The maximum Gasteiger partial charge on any atom is 0.223 e. The molecular formula is C21H32IN5O2. The van der Waals surface area contributed by atoms with Crippen molar-refractivity contribution in [1.29, 1.82) is 0 Å². The summed E-state index contributed by atoms with van der Waals surface area (Å²) in [7, 11) is 1.82. The Kier molecular flexibility index (Phi) is 8.14. The molecule has 7 nitrogen and oxygen atoms in total. The number of ether oxygens (including phenoxy) is 1. The van der Waals surface area contributed by atoms with Crippen LogP contribution in [0.25, 0.3) is 0 Å². The minimum Gasteiger partial charge on any atom is -0.373 e. The summed E-state index contributed by atoms with van der Waals surface area (Å²) in [6, 6.07) is 11.0. The first-order valence-electron chi connectivity index (χ1n) is 10.4. The number of likely N-dealkylation sites (tertiary alicyclic amines) is 1. The number of carbonyl (C=O) groups is 1. The molecule has 160 valence electrons. The second kappa shape index (κ2) is 10.6. The first-order valence-corrected chi connectivity index (χ1v) is 10.4. The van der Waals surface area contributed by atoms with Crippen LogP contribution in [-0.4, -0.2) is 80.2 Å². The molecule has 3 fully saturated rings. The highest BCUT2D eigenvalue weighted by molar-refractivity contribution is 14.0. The van der Waals surface area contributed by atoms with E-state index in [9.17, 15) is 4.79 Å². The lowest BCUT2D eigenvalue weighted by molar-refractivity contribution is -0.122. The highest BCUT2D eigenvalue weighted by Gasteiger charge is 2.41. The smallest absolute Gasteiger partial charge is 0.223 e. The van der Waals surface area contributed by atoms with Crippen LogP contribution in [0.2, 0.25) is 0 Å². The monoisotopic (exact) mass is 513 g/mol. The van der Waals surface area contributed by atoms with Crippen molar-refractivity contribution in [3.63, 3.8) is 0 Å². The summed E-state index contributed by atoms with van der Waals surface area (Å²) in [4.78, 5) is 21.0. The number of hydrogen-bond donors (Lipinski definition) is 2. The fourth-order valence-corrected chi connectivity index (χ4v) is 4.13. The lowest BCUT2D eigenvalue weighted by Gasteiger charge is -2.36. The number of halogens is 1. The number of carbonyl (C=O) groups excluding carboxylic acids is 1. The molecule has 8 heteroatoms. The van der Waals surface area contributed by atoms with Crippen molar-refractivity contribution in [2.24, 2.45) is 10.9 Å². The normalized spacial score (nSPS) is 24.6. The second-order valence-corrected chi connectivity index (χ2v) is 7.88. The van der Waals surface area contributed by atoms with E-state index in [-0.39, 0.29) is 41.9 Å². The fourth-order valence-electron chi connectivity index (χ4n) is 4.13. The highest BCUT2D eigenvalue weighted by atomic mass is 127. The number of rotatable bonds is 6. The van der Waals surface area contributed by atoms with E-state index in [1.54, 1.807) is 0 Å². The standard InChI is InChI=1S/C21H31N5O2.HI/c1-22-21(24-10-9-23-20(27)17-7-8-17)26-14-18-19(15-26)28-12-11-25(18)13-16-5-3-2-4-6-16;/h2-6,17-19H,7-15H2,1H3,(H,22,24)(H,23,27);1H. The maximum atomic E-state index is 11.7. The molecule has 2 heterocycles. The van der Waals surface area contributed by atoms with Crippen molar-refractivity contribution in [1.82, 2.24) is 20.4 Å². The predicted octanol–water partition coefficient (Wildman–Crippen LogP) is 1.29. The van der Waals surface area contributed by atoms with Crippen molar-refractivity contribution in [2.75, 3.05) is 46.4 Å². The van der Waals surface area contributed by atoms with Gasteiger partial charge in [-0.1, -0.05) is 30.3 Å². The Morgan fingerprint density at radius 1 is 1.17 bits per heavy atom. The van der Waals surface area contributed by atoms with Gasteiger partial charge in [0.1, 0.15) is 0 Å². The number of amides is 1. The molecule has 0 bridgehead atoms. The summed E-state index contributed by atoms with van der Waals surface area (Å²) < 4.78 is 6.06. The quantitative estimate of drug-likeness (QED) is 0.260. The molecule has 2 saturated heterocycles. The van der Waals surface area contributed by atoms with Crippen molar-refractivity contribution in [2.45, 2.75) is 31.5 Å². The van der Waals surface area contributed by atoms with E-state index in [1.807, 2.05) is 7.05 Å². The molecule has 4 rings (SSSR count). The molecule has 2 unspecified atom stereocenters. The van der Waals surface area contributed by atoms with Gasteiger partial charge in [0.25, 0.3) is 0 Å². The zero-order valence-electron chi connectivity index (χ0n) is 17.0. The minimum atomic E-state index is 0. The Bertz CT molecular complexity index is 698. The van der Waals surface area contributed by atoms with Crippen LogP contribution in [0.4, 0.5) is 0 Å². The Morgan fingerprint density at radius 3 is 2.66 bits per heavy atom. The SMILES string of the molecule is CN=C(NCCNC(=O)C1CC1)N1CC2OCCN(Cc3ccccc3)C2C1.I. The molecule has 1 saturated carbocycles. The van der Waals surface area contributed by atoms with Crippen LogP contribution < -0.4 is 10.6 Å². The number of fused-ring (bicyclic) bond motifs is 1. The molecule has 1 aliphatic carbocycles. The fraction of sp³-hybridized carbons (Fsp3) is 0.619. The van der Waals surface area contributed by atoms with E-state index >= 15 is 0 Å². The van der Waals surface area contributed by atoms with Gasteiger partial charge in [0.2, 0.25) is 5.91 Å². The third kappa shape index (κ3) is 5.82. The van der Waals surface area contributed by atoms with Gasteiger partial charge in [-0.05, 0) is 18.4 Å². The molecule has 1 amide bonds. The van der Waals surface area contributed by atoms with Gasteiger partial charge in [-0.3, -0.25) is 14.7 Å². The summed E-state index contributed by atoms with van der Waals surface area (Å²) in [6.45, 7) is 5.77. The average molecular weight is 513 g/mol. The van der Waals surface area contributed by atoms with Crippen molar-refractivity contribution < 1.29 is 9.53 Å². The largest absolute Gasteiger partial charge is 0.373 e. The van der Waals surface area contributed by atoms with E-state index in [1.165, 1.54) is 5.56 Å². The number of benzene rings is 1. The molecule has 1 aromatic carbocycles. The number of hydrogen-bond acceptors (Lipinski definition) is 4. The first kappa shape index (κ1) is 22.3. The Morgan fingerprint density at radius 2 is 1.93 bits per heavy atom. The maximum absolute atomic E-state index is 11.7. The van der Waals surface area contributed by atoms with Crippen LogP contribution in [-0.2, 0) is 16.1 Å². The molecule has 2 atom stereocenters. The Balaban J connectivity index is 0.00000240. The molecule has 0 spiro atoms. The average Bonchev–Trinajstić information content (AvgIpc) is 3.48. The molecular weight excluding hydrogens is 481 g/mol. The number of guanidine groups is 1. The van der Waals surface area contributed by atoms with Crippen molar-refractivity contribution >= 4 is 35.8 Å². The van der Waals surface area contributed by atoms with E-state index in [0.29, 0.717) is 19.1 Å². The predicted molar refractivity (Wildman–Crippen MR) is 124 cm³/mol. The van der Waals surface area contributed by atoms with Crippen molar-refractivity contribution in [3.05, 3.63) is 35.9 Å². The lowest BCUT2D eigenvalue weighted by atomic mass is 10.1. The van der Waals surface area contributed by atoms with Crippen LogP contribution >= 0.6 is 24.0 Å². The van der Waals surface area contributed by atoms with Crippen LogP contribution in [0.1, 0.15) is 18.4 Å². The topological polar surface area (TPSA) is 69.2 Å². The number of nitrogens with one attached hydrogen (secondary N) is 2. The van der Waals surface area contributed by atoms with Gasteiger partial charge >= 0.3 is 0 Å². The second-order valence-electron chi connectivity index (χ2n) is 7.88. The summed E-state index contributed by atoms with van der Waals surface area (Å²) in [6.07, 6.45) is 2.29. The summed E-state index contributed by atoms with van der Waals surface area (Å²) in [5.41, 5.74) is 1.34. The highest BCUT2D eigenvalue weighted by Crippen LogP contribution is 2.28. The van der Waals surface area contributed by atoms with E-state index < -0.39 is 0 Å². The number of aliphatic imine (C=N–C) groups is 1. The molecule has 1 aromatic rings. The van der Waals surface area contributed by atoms with E-state index in [4.69, 9.17) is 4.74 Å². The van der Waals surface area contributed by atoms with Gasteiger partial charge in [0.15, 0.2) is 5.96 Å². The van der Waals surface area contributed by atoms with Gasteiger partial charge in [-0.15, -0.1) is 24.0 Å². The molecule has 0 radical (unpaired) electrons. The van der Waals surface area contributed by atoms with Gasteiger partial charge in [0, 0.05) is 52.2 Å². The Labute approximate surface area is 190 Å². The molecule has 0 aromatic heterocycles. The number of nitrogens with zero attached hydrogens (tertiary/aromatic N) is 3. The van der Waals surface area contributed by atoms with Gasteiger partial charge in [-0.2, -0.15) is 0 Å². The van der Waals surface area contributed by atoms with Crippen molar-refractivity contribution in [3.8, 4) is 0 Å². The number of morpholine rings is 1. The van der Waals surface area contributed by atoms with Gasteiger partial charge in [0.05, 0.1) is 18.8 Å². The third-order valence-corrected chi connectivity index (χ3v) is 5.81. The van der Waals surface area contributed by atoms with E-state index in [0.717, 1.165) is 51.6 Å². The third-order valence-electron chi connectivity index (χ3n) is 5.81. The zero-order valence-corrected chi connectivity index (χ0v) is 19.4. The lowest BCUT2D eigenvalue weighted by Crippen LogP contribution is -2.50. The zero-order chi connectivity index (χ0) is 19.3. The van der Waals surface area contributed by atoms with Gasteiger partial charge < -0.3 is 20.3 Å². The summed E-state index contributed by atoms with van der Waals surface area (Å²) in [5.74, 6) is 1.33. The Hall–Kier alpha value is -1.39. The van der Waals surface area contributed by atoms with Crippen LogP contribution in [0.5, 0.6) is 0 Å². The van der Waals surface area contributed by atoms with Crippen LogP contribution in [0, 0.1) is 5.92 Å². The van der Waals surface area contributed by atoms with Crippen LogP contribution in [0.3, 0.4) is 0 Å². The molecule has 2 N–H and O–H groups in total. The van der Waals surface area contributed by atoms with Gasteiger partial charge in [-0.25, -0.2) is 0 Å². The minimum absolute atomic E-state index is 0. The first-order chi connectivity index (χ1) is 13.7. The summed E-state index contributed by atoms with van der Waals surface area (Å²) >= 11 is 0. The van der Waals surface area contributed by atoms with Crippen LogP contribution in [0.15, 0.2) is 35.3 Å². The van der Waals surface area contributed by atoms with E-state index in [2.05, 4.69) is 55.8 Å². The molecule has 29 heavy (non-hydrogen) atoms. The molecule has 2 aliphatic heterocycles.